The maximum absolute atomic E-state index is 13.3. The van der Waals surface area contributed by atoms with Crippen LogP contribution in [0.5, 0.6) is 5.75 Å². The molecule has 11 atom stereocenters. The molecule has 1 aliphatic carbocycles. The van der Waals surface area contributed by atoms with Crippen LogP contribution in [0, 0.1) is 0 Å². The van der Waals surface area contributed by atoms with Crippen molar-refractivity contribution in [1.29, 1.82) is 0 Å². The molecule has 42 heavy (non-hydrogen) atoms. The predicted octanol–water partition coefficient (Wildman–Crippen LogP) is -3.58. The molecule has 2 saturated heterocycles. The number of rotatable bonds is 7. The first kappa shape index (κ1) is 32.0. The predicted molar refractivity (Wildman–Crippen MR) is 139 cm³/mol. The molecule has 232 valence electrons. The van der Waals surface area contributed by atoms with Gasteiger partial charge < -0.3 is 70.8 Å². The van der Waals surface area contributed by atoms with Crippen LogP contribution in [0.25, 0.3) is 6.08 Å². The summed E-state index contributed by atoms with van der Waals surface area (Å²) in [5.74, 6) is -3.53. The van der Waals surface area contributed by atoms with Gasteiger partial charge in [-0.2, -0.15) is 0 Å². The normalized spacial score (nSPS) is 38.6. The van der Waals surface area contributed by atoms with Crippen LogP contribution >= 0.6 is 0 Å². The Bertz CT molecular complexity index is 1240. The summed E-state index contributed by atoms with van der Waals surface area (Å²) in [4.78, 5) is 13.3. The number of ether oxygens (including phenoxy) is 2. The zero-order chi connectivity index (χ0) is 31.1. The van der Waals surface area contributed by atoms with Crippen LogP contribution in [0.3, 0.4) is 0 Å². The molecule has 15 nitrogen and oxygen atoms in total. The molecule has 8 unspecified atom stereocenters. The van der Waals surface area contributed by atoms with Gasteiger partial charge in [-0.05, 0) is 23.8 Å². The monoisotopic (exact) mass is 598 g/mol. The van der Waals surface area contributed by atoms with Crippen LogP contribution in [-0.2, 0) is 14.3 Å². The van der Waals surface area contributed by atoms with E-state index in [4.69, 9.17) is 9.47 Å². The van der Waals surface area contributed by atoms with E-state index in [2.05, 4.69) is 0 Å². The lowest BCUT2D eigenvalue weighted by molar-refractivity contribution is -0.266. The molecule has 1 aromatic rings. The Balaban J connectivity index is 1.80. The number of carbonyl (C=O) groups excluding carboxylic acids is 1. The van der Waals surface area contributed by atoms with Crippen LogP contribution in [0.2, 0.25) is 0 Å². The van der Waals surface area contributed by atoms with Gasteiger partial charge in [0.2, 0.25) is 5.60 Å². The second-order valence-electron chi connectivity index (χ2n) is 10.5. The standard InChI is InChI=1S/C27H34O15/c28-8-16-19(34)20(35)22(37)26(42-16)27(40)24(38)12(14(30)6-3-10-1-4-11(29)5-2-10)7-13(25(27)39)17(32)23-21(36)18(33)15(31)9-41-23/h1-6,15-23,26,28-29,31-40H,7-9H2/b6-3+/t15?,16?,17?,18?,19-,20+,21?,22?,23?,26-,27?/m0/s1. The molecule has 2 aliphatic heterocycles. The number of benzene rings is 1. The summed E-state index contributed by atoms with van der Waals surface area (Å²) in [6.45, 7) is -1.49. The molecular formula is C27H34O15. The van der Waals surface area contributed by atoms with Crippen molar-refractivity contribution in [3.8, 4) is 5.75 Å². The van der Waals surface area contributed by atoms with Crippen molar-refractivity contribution in [2.45, 2.75) is 73.1 Å². The van der Waals surface area contributed by atoms with Gasteiger partial charge in [0.25, 0.3) is 0 Å². The third-order valence-corrected chi connectivity index (χ3v) is 7.81. The fourth-order valence-electron chi connectivity index (χ4n) is 5.27. The molecule has 0 aromatic heterocycles. The second kappa shape index (κ2) is 12.4. The summed E-state index contributed by atoms with van der Waals surface area (Å²) < 4.78 is 10.6. The third kappa shape index (κ3) is 5.57. The summed E-state index contributed by atoms with van der Waals surface area (Å²) in [7, 11) is 0. The van der Waals surface area contributed by atoms with Crippen molar-refractivity contribution in [3.63, 3.8) is 0 Å². The maximum Gasteiger partial charge on any atom is 0.207 e. The van der Waals surface area contributed by atoms with Gasteiger partial charge in [0.05, 0.1) is 13.2 Å². The van der Waals surface area contributed by atoms with Crippen LogP contribution in [0.4, 0.5) is 0 Å². The van der Waals surface area contributed by atoms with Gasteiger partial charge in [-0.25, -0.2) is 0 Å². The molecule has 1 aromatic carbocycles. The van der Waals surface area contributed by atoms with E-state index in [1.54, 1.807) is 0 Å². The summed E-state index contributed by atoms with van der Waals surface area (Å²) >= 11 is 0. The average molecular weight is 599 g/mol. The number of hydrogen-bond acceptors (Lipinski definition) is 15. The van der Waals surface area contributed by atoms with E-state index >= 15 is 0 Å². The maximum atomic E-state index is 13.3. The quantitative estimate of drug-likeness (QED) is 0.135. The Kier molecular flexibility index (Phi) is 9.41. The van der Waals surface area contributed by atoms with Gasteiger partial charge in [-0.1, -0.05) is 18.2 Å². The van der Waals surface area contributed by atoms with E-state index in [1.165, 1.54) is 30.3 Å². The third-order valence-electron chi connectivity index (χ3n) is 7.81. The fourth-order valence-corrected chi connectivity index (χ4v) is 5.27. The van der Waals surface area contributed by atoms with Crippen molar-refractivity contribution < 1.29 is 75.5 Å². The van der Waals surface area contributed by atoms with E-state index in [9.17, 15) is 66.1 Å². The molecule has 2 fully saturated rings. The summed E-state index contributed by atoms with van der Waals surface area (Å²) in [5, 5.41) is 126. The molecule has 15 heteroatoms. The molecule has 4 rings (SSSR count). The van der Waals surface area contributed by atoms with E-state index in [0.29, 0.717) is 5.56 Å². The minimum absolute atomic E-state index is 0.0419. The second-order valence-corrected chi connectivity index (χ2v) is 10.5. The molecular weight excluding hydrogens is 564 g/mol. The highest BCUT2D eigenvalue weighted by Gasteiger charge is 2.60. The molecule has 0 bridgehead atoms. The first-order chi connectivity index (χ1) is 19.7. The Morgan fingerprint density at radius 2 is 1.57 bits per heavy atom. The lowest BCUT2D eigenvalue weighted by Gasteiger charge is -2.48. The smallest absolute Gasteiger partial charge is 0.207 e. The molecule has 12 N–H and O–H groups in total. The topological polar surface area (TPSA) is 278 Å². The number of phenols is 1. The highest BCUT2D eigenvalue weighted by molar-refractivity contribution is 6.07. The van der Waals surface area contributed by atoms with Crippen molar-refractivity contribution in [2.75, 3.05) is 13.2 Å². The summed E-state index contributed by atoms with van der Waals surface area (Å²) in [5.41, 5.74) is -4.09. The largest absolute Gasteiger partial charge is 0.509 e. The fraction of sp³-hybridized carbons (Fsp3) is 0.519. The van der Waals surface area contributed by atoms with E-state index < -0.39 is 115 Å². The minimum Gasteiger partial charge on any atom is -0.509 e. The Hall–Kier alpha value is -2.93. The zero-order valence-electron chi connectivity index (χ0n) is 22.0. The van der Waals surface area contributed by atoms with Gasteiger partial charge in [-0.3, -0.25) is 4.79 Å². The minimum atomic E-state index is -3.27. The summed E-state index contributed by atoms with van der Waals surface area (Å²) in [6, 6.07) is 5.60. The van der Waals surface area contributed by atoms with Gasteiger partial charge in [0, 0.05) is 17.6 Å². The zero-order valence-corrected chi connectivity index (χ0v) is 22.0. The van der Waals surface area contributed by atoms with Gasteiger partial charge >= 0.3 is 0 Å². The number of ketones is 1. The lowest BCUT2D eigenvalue weighted by Crippen LogP contribution is -2.67. The Morgan fingerprint density at radius 3 is 2.19 bits per heavy atom. The number of allylic oxidation sites excluding steroid dienone is 2. The number of phenolic OH excluding ortho intramolecular Hbond substituents is 1. The Morgan fingerprint density at radius 1 is 0.929 bits per heavy atom. The van der Waals surface area contributed by atoms with Crippen molar-refractivity contribution >= 4 is 11.9 Å². The van der Waals surface area contributed by atoms with Crippen LogP contribution in [-0.4, -0.2) is 147 Å². The van der Waals surface area contributed by atoms with Crippen LogP contribution in [0.15, 0.2) is 53.0 Å². The average Bonchev–Trinajstić information content (AvgIpc) is 2.97. The number of aromatic hydroxyl groups is 1. The first-order valence-electron chi connectivity index (χ1n) is 13.0. The van der Waals surface area contributed by atoms with Crippen molar-refractivity contribution in [1.82, 2.24) is 0 Å². The highest BCUT2D eigenvalue weighted by Crippen LogP contribution is 2.44. The molecule has 3 aliphatic rings. The Labute approximate surface area is 238 Å². The van der Waals surface area contributed by atoms with Gasteiger partial charge in [0.15, 0.2) is 5.78 Å². The van der Waals surface area contributed by atoms with Crippen LogP contribution < -0.4 is 0 Å². The van der Waals surface area contributed by atoms with E-state index in [0.717, 1.165) is 6.08 Å². The van der Waals surface area contributed by atoms with E-state index in [-0.39, 0.29) is 5.75 Å². The molecule has 2 heterocycles. The number of carbonyl (C=O) groups is 1. The van der Waals surface area contributed by atoms with E-state index in [1.807, 2.05) is 0 Å². The lowest BCUT2D eigenvalue weighted by atomic mass is 9.73. The highest BCUT2D eigenvalue weighted by atomic mass is 16.6. The number of aliphatic hydroxyl groups is 11. The first-order valence-corrected chi connectivity index (χ1v) is 13.0. The van der Waals surface area contributed by atoms with Gasteiger partial charge in [-0.15, -0.1) is 0 Å². The van der Waals surface area contributed by atoms with Crippen molar-refractivity contribution in [2.24, 2.45) is 0 Å². The van der Waals surface area contributed by atoms with Crippen LogP contribution in [0.1, 0.15) is 12.0 Å². The van der Waals surface area contributed by atoms with Crippen molar-refractivity contribution in [3.05, 3.63) is 58.6 Å². The molecule has 0 radical (unpaired) electrons. The van der Waals surface area contributed by atoms with Gasteiger partial charge in [0.1, 0.15) is 78.3 Å². The molecule has 0 amide bonds. The summed E-state index contributed by atoms with van der Waals surface area (Å²) in [6.07, 6.45) is -17.6. The number of hydrogen-bond donors (Lipinski definition) is 12. The molecule has 0 spiro atoms. The number of aliphatic hydroxyl groups excluding tert-OH is 10. The SMILES string of the molecule is O=C(/C=C/c1ccc(O)cc1)C1=C(O)C(O)([C@H]2OC(CO)[C@H](O)[C@@H](O)C2O)C(O)=C(C(O)C2OCC(O)C(O)C2O)C1. The molecule has 0 saturated carbocycles.